The molecule has 1 saturated carbocycles. The van der Waals surface area contributed by atoms with Crippen LogP contribution in [0.1, 0.15) is 31.2 Å². The van der Waals surface area contributed by atoms with Crippen molar-refractivity contribution >= 4 is 16.8 Å². The molecule has 1 aliphatic carbocycles. The van der Waals surface area contributed by atoms with E-state index in [1.165, 1.54) is 12.8 Å². The lowest BCUT2D eigenvalue weighted by molar-refractivity contribution is -0.148. The number of carbonyl (C=O) groups is 1. The van der Waals surface area contributed by atoms with Gasteiger partial charge in [0.2, 0.25) is 5.91 Å². The first-order valence-electron chi connectivity index (χ1n) is 8.56. The van der Waals surface area contributed by atoms with Crippen molar-refractivity contribution in [2.24, 2.45) is 0 Å². The summed E-state index contributed by atoms with van der Waals surface area (Å²) in [6, 6.07) is 10.3. The highest BCUT2D eigenvalue weighted by Gasteiger charge is 2.36. The second kappa shape index (κ2) is 6.28. The molecule has 2 aliphatic rings. The second-order valence-corrected chi connectivity index (χ2v) is 6.52. The highest BCUT2D eigenvalue weighted by molar-refractivity contribution is 5.87. The molecule has 0 spiro atoms. The van der Waals surface area contributed by atoms with Crippen molar-refractivity contribution in [3.8, 4) is 0 Å². The number of pyridine rings is 1. The maximum atomic E-state index is 12.9. The van der Waals surface area contributed by atoms with Crippen LogP contribution in [-0.4, -0.2) is 41.1 Å². The fourth-order valence-electron chi connectivity index (χ4n) is 3.98. The maximum absolute atomic E-state index is 12.9. The smallest absolute Gasteiger partial charge is 0.227 e. The van der Waals surface area contributed by atoms with Gasteiger partial charge in [0.25, 0.3) is 0 Å². The zero-order valence-corrected chi connectivity index (χ0v) is 13.3. The molecule has 4 heteroatoms. The van der Waals surface area contributed by atoms with Gasteiger partial charge in [0.05, 0.1) is 30.7 Å². The highest BCUT2D eigenvalue weighted by atomic mass is 16.5. The van der Waals surface area contributed by atoms with Crippen molar-refractivity contribution in [3.63, 3.8) is 0 Å². The molecule has 120 valence electrons. The minimum absolute atomic E-state index is 0.211. The molecule has 1 aliphatic heterocycles. The number of para-hydroxylation sites is 1. The predicted octanol–water partition coefficient (Wildman–Crippen LogP) is 2.95. The van der Waals surface area contributed by atoms with Crippen LogP contribution in [-0.2, 0) is 16.0 Å². The number of nitrogens with zero attached hydrogens (tertiary/aromatic N) is 2. The van der Waals surface area contributed by atoms with Gasteiger partial charge in [-0.3, -0.25) is 9.78 Å². The summed E-state index contributed by atoms with van der Waals surface area (Å²) in [5, 5.41) is 1.09. The summed E-state index contributed by atoms with van der Waals surface area (Å²) in [5.74, 6) is 0.211. The predicted molar refractivity (Wildman–Crippen MR) is 89.2 cm³/mol. The summed E-state index contributed by atoms with van der Waals surface area (Å²) in [5.41, 5.74) is 1.96. The van der Waals surface area contributed by atoms with Crippen molar-refractivity contribution in [3.05, 3.63) is 42.1 Å². The molecule has 4 rings (SSSR count). The molecule has 0 N–H and O–H groups in total. The number of ether oxygens (including phenoxy) is 1. The number of morpholine rings is 1. The number of hydrogen-bond donors (Lipinski definition) is 0. The van der Waals surface area contributed by atoms with Gasteiger partial charge in [0.1, 0.15) is 0 Å². The summed E-state index contributed by atoms with van der Waals surface area (Å²) < 4.78 is 5.88. The average molecular weight is 310 g/mol. The van der Waals surface area contributed by atoms with Gasteiger partial charge in [0, 0.05) is 18.1 Å². The Morgan fingerprint density at radius 3 is 3.04 bits per heavy atom. The zero-order valence-electron chi connectivity index (χ0n) is 13.3. The number of rotatable bonds is 2. The molecular weight excluding hydrogens is 288 g/mol. The third-order valence-electron chi connectivity index (χ3n) is 5.11. The van der Waals surface area contributed by atoms with E-state index >= 15 is 0 Å². The number of carbonyl (C=O) groups excluding carboxylic acids is 1. The number of benzene rings is 1. The highest BCUT2D eigenvalue weighted by Crippen LogP contribution is 2.29. The van der Waals surface area contributed by atoms with Crippen LogP contribution in [0, 0.1) is 0 Å². The Morgan fingerprint density at radius 2 is 2.09 bits per heavy atom. The Balaban J connectivity index is 1.56. The lowest BCUT2D eigenvalue weighted by Gasteiger charge is -2.43. The van der Waals surface area contributed by atoms with Crippen LogP contribution in [0.3, 0.4) is 0 Å². The molecule has 1 amide bonds. The number of fused-ring (bicyclic) bond motifs is 2. The zero-order chi connectivity index (χ0) is 15.6. The Labute approximate surface area is 136 Å². The van der Waals surface area contributed by atoms with Gasteiger partial charge in [-0.1, -0.05) is 37.1 Å². The largest absolute Gasteiger partial charge is 0.374 e. The molecule has 2 fully saturated rings. The molecule has 2 atom stereocenters. The molecular formula is C19H22N2O2. The molecule has 1 aromatic carbocycles. The van der Waals surface area contributed by atoms with E-state index in [2.05, 4.69) is 9.88 Å². The molecule has 0 radical (unpaired) electrons. The van der Waals surface area contributed by atoms with E-state index in [0.29, 0.717) is 13.0 Å². The van der Waals surface area contributed by atoms with Gasteiger partial charge in [-0.15, -0.1) is 0 Å². The van der Waals surface area contributed by atoms with Crippen LogP contribution in [0.2, 0.25) is 0 Å². The monoisotopic (exact) mass is 310 g/mol. The maximum Gasteiger partial charge on any atom is 0.227 e. The second-order valence-electron chi connectivity index (χ2n) is 6.52. The van der Waals surface area contributed by atoms with E-state index in [-0.39, 0.29) is 18.1 Å². The van der Waals surface area contributed by atoms with Crippen LogP contribution < -0.4 is 0 Å². The van der Waals surface area contributed by atoms with E-state index in [4.69, 9.17) is 4.74 Å². The fraction of sp³-hybridized carbons (Fsp3) is 0.474. The van der Waals surface area contributed by atoms with E-state index in [1.54, 1.807) is 6.20 Å². The first-order chi connectivity index (χ1) is 11.3. The molecule has 0 bridgehead atoms. The van der Waals surface area contributed by atoms with Crippen LogP contribution in [0.5, 0.6) is 0 Å². The van der Waals surface area contributed by atoms with Gasteiger partial charge in [-0.25, -0.2) is 0 Å². The molecule has 1 saturated heterocycles. The summed E-state index contributed by atoms with van der Waals surface area (Å²) >= 11 is 0. The molecule has 0 unspecified atom stereocenters. The molecule has 1 aromatic heterocycles. The van der Waals surface area contributed by atoms with Gasteiger partial charge in [0.15, 0.2) is 0 Å². The third kappa shape index (κ3) is 2.83. The van der Waals surface area contributed by atoms with E-state index in [0.717, 1.165) is 35.9 Å². The third-order valence-corrected chi connectivity index (χ3v) is 5.11. The Bertz CT molecular complexity index is 708. The van der Waals surface area contributed by atoms with Gasteiger partial charge < -0.3 is 9.64 Å². The van der Waals surface area contributed by atoms with Crippen LogP contribution in [0.15, 0.2) is 36.5 Å². The lowest BCUT2D eigenvalue weighted by atomic mass is 9.89. The summed E-state index contributed by atoms with van der Waals surface area (Å²) in [6.45, 7) is 1.39. The average Bonchev–Trinajstić information content (AvgIpc) is 2.61. The van der Waals surface area contributed by atoms with Crippen molar-refractivity contribution in [2.45, 2.75) is 44.2 Å². The Hall–Kier alpha value is -1.94. The Morgan fingerprint density at radius 1 is 1.22 bits per heavy atom. The molecule has 23 heavy (non-hydrogen) atoms. The minimum atomic E-state index is 0.211. The van der Waals surface area contributed by atoms with Gasteiger partial charge in [-0.05, 0) is 24.5 Å². The van der Waals surface area contributed by atoms with Crippen molar-refractivity contribution in [1.82, 2.24) is 9.88 Å². The lowest BCUT2D eigenvalue weighted by Crippen LogP contribution is -2.55. The summed E-state index contributed by atoms with van der Waals surface area (Å²) in [6.07, 6.45) is 7.04. The molecule has 2 heterocycles. The van der Waals surface area contributed by atoms with Gasteiger partial charge >= 0.3 is 0 Å². The van der Waals surface area contributed by atoms with Crippen LogP contribution in [0.4, 0.5) is 0 Å². The van der Waals surface area contributed by atoms with Crippen molar-refractivity contribution < 1.29 is 9.53 Å². The first kappa shape index (κ1) is 14.6. The minimum Gasteiger partial charge on any atom is -0.374 e. The number of aromatic nitrogens is 1. The van der Waals surface area contributed by atoms with Crippen molar-refractivity contribution in [2.75, 3.05) is 13.2 Å². The Kier molecular flexibility index (Phi) is 4.00. The summed E-state index contributed by atoms with van der Waals surface area (Å²) in [7, 11) is 0. The molecule has 4 nitrogen and oxygen atoms in total. The number of amides is 1. The fourth-order valence-corrected chi connectivity index (χ4v) is 3.98. The standard InChI is InChI=1S/C19H22N2O2/c22-18(21-11-12-23-17-9-2-1-8-16(17)21)13-15-6-3-5-14-7-4-10-20-19(14)15/h3-7,10,16-17H,1-2,8-9,11-13H2/t16-,17+/m0/s1. The van der Waals surface area contributed by atoms with E-state index < -0.39 is 0 Å². The number of hydrogen-bond acceptors (Lipinski definition) is 3. The van der Waals surface area contributed by atoms with Crippen LogP contribution in [0.25, 0.3) is 10.9 Å². The SMILES string of the molecule is O=C(Cc1cccc2cccnc12)N1CCO[C@@H]2CCCC[C@@H]21. The quantitative estimate of drug-likeness (QED) is 0.856. The normalized spacial score (nSPS) is 24.4. The molecule has 2 aromatic rings. The van der Waals surface area contributed by atoms with Gasteiger partial charge in [-0.2, -0.15) is 0 Å². The van der Waals surface area contributed by atoms with Crippen LogP contribution >= 0.6 is 0 Å². The topological polar surface area (TPSA) is 42.4 Å². The first-order valence-corrected chi connectivity index (χ1v) is 8.56. The summed E-state index contributed by atoms with van der Waals surface area (Å²) in [4.78, 5) is 19.4. The van der Waals surface area contributed by atoms with Crippen molar-refractivity contribution in [1.29, 1.82) is 0 Å². The van der Waals surface area contributed by atoms with E-state index in [9.17, 15) is 4.79 Å². The van der Waals surface area contributed by atoms with E-state index in [1.807, 2.05) is 30.3 Å².